The number of rotatable bonds is 9. The lowest BCUT2D eigenvalue weighted by molar-refractivity contribution is 0.398. The number of ether oxygens (including phenoxy) is 1. The molecule has 0 aromatic carbocycles. The van der Waals surface area contributed by atoms with Gasteiger partial charge in [0.25, 0.3) is 0 Å². The summed E-state index contributed by atoms with van der Waals surface area (Å²) in [5, 5.41) is 3.33. The molecule has 18 heavy (non-hydrogen) atoms. The van der Waals surface area contributed by atoms with Crippen molar-refractivity contribution in [3.05, 3.63) is 18.2 Å². The van der Waals surface area contributed by atoms with Crippen molar-refractivity contribution in [1.29, 1.82) is 0 Å². The second kappa shape index (κ2) is 8.78. The van der Waals surface area contributed by atoms with Crippen molar-refractivity contribution in [3.63, 3.8) is 0 Å². The van der Waals surface area contributed by atoms with Gasteiger partial charge in [-0.25, -0.2) is 0 Å². The summed E-state index contributed by atoms with van der Waals surface area (Å²) >= 11 is 0. The van der Waals surface area contributed by atoms with Crippen molar-refractivity contribution in [3.8, 4) is 5.88 Å². The van der Waals surface area contributed by atoms with Crippen LogP contribution in [0.15, 0.2) is 18.2 Å². The molecule has 3 heteroatoms. The van der Waals surface area contributed by atoms with Crippen molar-refractivity contribution in [1.82, 2.24) is 4.98 Å². The van der Waals surface area contributed by atoms with Gasteiger partial charge in [-0.15, -0.1) is 0 Å². The predicted molar refractivity (Wildman–Crippen MR) is 77.2 cm³/mol. The molecule has 0 atom stereocenters. The number of hydrogen-bond acceptors (Lipinski definition) is 3. The highest BCUT2D eigenvalue weighted by Crippen LogP contribution is 2.12. The lowest BCUT2D eigenvalue weighted by Crippen LogP contribution is -2.03. The van der Waals surface area contributed by atoms with Gasteiger partial charge < -0.3 is 10.1 Å². The van der Waals surface area contributed by atoms with Gasteiger partial charge in [0.05, 0.1) is 7.11 Å². The molecule has 1 aromatic heterocycles. The average molecular weight is 250 g/mol. The third kappa shape index (κ3) is 6.48. The van der Waals surface area contributed by atoms with E-state index in [4.69, 9.17) is 4.74 Å². The van der Waals surface area contributed by atoms with Gasteiger partial charge in [-0.1, -0.05) is 45.6 Å². The zero-order valence-electron chi connectivity index (χ0n) is 11.9. The van der Waals surface area contributed by atoms with E-state index in [1.807, 2.05) is 18.2 Å². The number of methoxy groups -OCH3 is 1. The molecule has 0 fully saturated rings. The van der Waals surface area contributed by atoms with Crippen LogP contribution in [0.5, 0.6) is 5.88 Å². The number of pyridine rings is 1. The molecule has 1 rings (SSSR count). The highest BCUT2D eigenvalue weighted by Gasteiger charge is 1.97. The standard InChI is InChI=1S/C15H26N2O/c1-13(2)9-6-4-5-7-12-16-14-10-8-11-15(17-14)18-3/h8,10-11,13H,4-7,9,12H2,1-3H3,(H,16,17). The summed E-state index contributed by atoms with van der Waals surface area (Å²) in [4.78, 5) is 4.32. The van der Waals surface area contributed by atoms with E-state index in [1.54, 1.807) is 7.11 Å². The smallest absolute Gasteiger partial charge is 0.214 e. The van der Waals surface area contributed by atoms with Crippen LogP contribution in [0.2, 0.25) is 0 Å². The van der Waals surface area contributed by atoms with Gasteiger partial charge in [-0.2, -0.15) is 4.98 Å². The third-order valence-electron chi connectivity index (χ3n) is 2.95. The minimum absolute atomic E-state index is 0.664. The summed E-state index contributed by atoms with van der Waals surface area (Å²) in [6.45, 7) is 5.56. The summed E-state index contributed by atoms with van der Waals surface area (Å²) in [5.74, 6) is 2.40. The van der Waals surface area contributed by atoms with Crippen LogP contribution in [0.4, 0.5) is 5.82 Å². The van der Waals surface area contributed by atoms with Crippen LogP contribution in [-0.4, -0.2) is 18.6 Å². The molecule has 0 aliphatic heterocycles. The number of anilines is 1. The molecule has 1 heterocycles. The lowest BCUT2D eigenvalue weighted by Gasteiger charge is -2.07. The molecule has 0 aliphatic rings. The van der Waals surface area contributed by atoms with Crippen molar-refractivity contribution in [2.24, 2.45) is 5.92 Å². The van der Waals surface area contributed by atoms with Crippen LogP contribution in [0.25, 0.3) is 0 Å². The second-order valence-electron chi connectivity index (χ2n) is 5.09. The Kier molecular flexibility index (Phi) is 7.23. The summed E-state index contributed by atoms with van der Waals surface area (Å²) in [6, 6.07) is 5.79. The Morgan fingerprint density at radius 3 is 2.67 bits per heavy atom. The molecule has 0 aliphatic carbocycles. The van der Waals surface area contributed by atoms with Gasteiger partial charge in [0.15, 0.2) is 0 Å². The molecule has 1 N–H and O–H groups in total. The normalized spacial score (nSPS) is 10.7. The molecule has 0 bridgehead atoms. The van der Waals surface area contributed by atoms with E-state index in [0.717, 1.165) is 18.3 Å². The Morgan fingerprint density at radius 2 is 1.94 bits per heavy atom. The quantitative estimate of drug-likeness (QED) is 0.670. The maximum absolute atomic E-state index is 5.09. The summed E-state index contributed by atoms with van der Waals surface area (Å²) in [5.41, 5.74) is 0. The highest BCUT2D eigenvalue weighted by molar-refractivity contribution is 5.36. The first-order valence-corrected chi connectivity index (χ1v) is 6.97. The maximum Gasteiger partial charge on any atom is 0.214 e. The fourth-order valence-corrected chi connectivity index (χ4v) is 1.87. The van der Waals surface area contributed by atoms with Crippen molar-refractivity contribution >= 4 is 5.82 Å². The fourth-order valence-electron chi connectivity index (χ4n) is 1.87. The first kappa shape index (κ1) is 14.8. The molecular weight excluding hydrogens is 224 g/mol. The molecule has 102 valence electrons. The number of unbranched alkanes of at least 4 members (excludes halogenated alkanes) is 3. The Labute approximate surface area is 111 Å². The molecule has 0 saturated heterocycles. The van der Waals surface area contributed by atoms with Crippen molar-refractivity contribution < 1.29 is 4.74 Å². The first-order chi connectivity index (χ1) is 8.72. The van der Waals surface area contributed by atoms with Crippen LogP contribution >= 0.6 is 0 Å². The van der Waals surface area contributed by atoms with Crippen molar-refractivity contribution in [2.45, 2.75) is 46.0 Å². The van der Waals surface area contributed by atoms with Crippen LogP contribution in [0, 0.1) is 5.92 Å². The fraction of sp³-hybridized carbons (Fsp3) is 0.667. The summed E-state index contributed by atoms with van der Waals surface area (Å²) < 4.78 is 5.09. The van der Waals surface area contributed by atoms with Crippen LogP contribution in [0.3, 0.4) is 0 Å². The van der Waals surface area contributed by atoms with E-state index in [2.05, 4.69) is 24.1 Å². The SMILES string of the molecule is COc1cccc(NCCCCCCC(C)C)n1. The second-order valence-corrected chi connectivity index (χ2v) is 5.09. The van der Waals surface area contributed by atoms with E-state index in [9.17, 15) is 0 Å². The highest BCUT2D eigenvalue weighted by atomic mass is 16.5. The largest absolute Gasteiger partial charge is 0.481 e. The number of nitrogens with one attached hydrogen (secondary N) is 1. The molecule has 0 amide bonds. The van der Waals surface area contributed by atoms with Gasteiger partial charge >= 0.3 is 0 Å². The Bertz CT molecular complexity index is 326. The minimum Gasteiger partial charge on any atom is -0.481 e. The lowest BCUT2D eigenvalue weighted by atomic mass is 10.0. The zero-order valence-corrected chi connectivity index (χ0v) is 11.9. The van der Waals surface area contributed by atoms with E-state index >= 15 is 0 Å². The Morgan fingerprint density at radius 1 is 1.17 bits per heavy atom. The van der Waals surface area contributed by atoms with Gasteiger partial charge in [0.2, 0.25) is 5.88 Å². The van der Waals surface area contributed by atoms with E-state index in [1.165, 1.54) is 32.1 Å². The third-order valence-corrected chi connectivity index (χ3v) is 2.95. The molecular formula is C15H26N2O. The molecule has 0 spiro atoms. The average Bonchev–Trinajstić information content (AvgIpc) is 2.37. The van der Waals surface area contributed by atoms with Gasteiger partial charge in [0, 0.05) is 12.6 Å². The van der Waals surface area contributed by atoms with Crippen LogP contribution in [-0.2, 0) is 0 Å². The number of nitrogens with zero attached hydrogens (tertiary/aromatic N) is 1. The van der Waals surface area contributed by atoms with E-state index in [0.29, 0.717) is 5.88 Å². The van der Waals surface area contributed by atoms with E-state index < -0.39 is 0 Å². The summed E-state index contributed by atoms with van der Waals surface area (Å²) in [6.07, 6.45) is 6.55. The van der Waals surface area contributed by atoms with Crippen LogP contribution < -0.4 is 10.1 Å². The maximum atomic E-state index is 5.09. The first-order valence-electron chi connectivity index (χ1n) is 6.97. The van der Waals surface area contributed by atoms with Crippen LogP contribution in [0.1, 0.15) is 46.0 Å². The van der Waals surface area contributed by atoms with Gasteiger partial charge in [-0.05, 0) is 18.4 Å². The summed E-state index contributed by atoms with van der Waals surface area (Å²) in [7, 11) is 1.64. The Hall–Kier alpha value is -1.25. The molecule has 0 saturated carbocycles. The van der Waals surface area contributed by atoms with Gasteiger partial charge in [-0.3, -0.25) is 0 Å². The van der Waals surface area contributed by atoms with E-state index in [-0.39, 0.29) is 0 Å². The monoisotopic (exact) mass is 250 g/mol. The number of aromatic nitrogens is 1. The molecule has 1 aromatic rings. The molecule has 0 radical (unpaired) electrons. The number of hydrogen-bond donors (Lipinski definition) is 1. The van der Waals surface area contributed by atoms with Crippen molar-refractivity contribution in [2.75, 3.05) is 19.0 Å². The Balaban J connectivity index is 2.06. The van der Waals surface area contributed by atoms with Gasteiger partial charge in [0.1, 0.15) is 5.82 Å². The molecule has 3 nitrogen and oxygen atoms in total. The predicted octanol–water partition coefficient (Wildman–Crippen LogP) is 4.11. The minimum atomic E-state index is 0.664. The molecule has 0 unspecified atom stereocenters. The zero-order chi connectivity index (χ0) is 13.2. The topological polar surface area (TPSA) is 34.1 Å².